The molecule has 0 aliphatic heterocycles. The molecule has 1 atom stereocenters. The molecule has 1 N–H and O–H groups in total. The molecule has 1 rings (SSSR count). The van der Waals surface area contributed by atoms with Crippen LogP contribution in [0.4, 0.5) is 0 Å². The van der Waals surface area contributed by atoms with Gasteiger partial charge in [-0.2, -0.15) is 0 Å². The van der Waals surface area contributed by atoms with Gasteiger partial charge in [-0.05, 0) is 12.1 Å². The Bertz CT molecular complexity index is 289. The van der Waals surface area contributed by atoms with Crippen molar-refractivity contribution in [1.29, 1.82) is 0 Å². The third-order valence-corrected chi connectivity index (χ3v) is 2.85. The van der Waals surface area contributed by atoms with Gasteiger partial charge in [0, 0.05) is 16.7 Å². The van der Waals surface area contributed by atoms with Crippen LogP contribution in [0.3, 0.4) is 0 Å². The van der Waals surface area contributed by atoms with Gasteiger partial charge in [0.15, 0.2) is 0 Å². The van der Waals surface area contributed by atoms with E-state index >= 15 is 0 Å². The van der Waals surface area contributed by atoms with E-state index < -0.39 is 0 Å². The molecule has 0 aliphatic rings. The second kappa shape index (κ2) is 6.53. The summed E-state index contributed by atoms with van der Waals surface area (Å²) in [6, 6.07) is 10.4. The highest BCUT2D eigenvalue weighted by Gasteiger charge is 2.02. The summed E-state index contributed by atoms with van der Waals surface area (Å²) >= 11 is 1.86. The van der Waals surface area contributed by atoms with Crippen LogP contribution in [0, 0.1) is 12.3 Å². The molecule has 0 heterocycles. The molecule has 0 saturated carbocycles. The van der Waals surface area contributed by atoms with Crippen LogP contribution in [-0.4, -0.2) is 18.3 Å². The zero-order chi connectivity index (χ0) is 10.2. The summed E-state index contributed by atoms with van der Waals surface area (Å²) in [5.74, 6) is 2.57. The van der Waals surface area contributed by atoms with E-state index in [-0.39, 0.29) is 0 Å². The lowest BCUT2D eigenvalue weighted by atomic mass is 10.4. The van der Waals surface area contributed by atoms with Gasteiger partial charge >= 0.3 is 0 Å². The molecule has 74 valence electrons. The van der Waals surface area contributed by atoms with Crippen LogP contribution >= 0.6 is 11.8 Å². The molecule has 1 unspecified atom stereocenters. The molecular formula is C12H15NS. The summed E-state index contributed by atoms with van der Waals surface area (Å²) in [6.45, 7) is 3.80. The van der Waals surface area contributed by atoms with Crippen LogP contribution < -0.4 is 5.32 Å². The molecular weight excluding hydrogens is 190 g/mol. The second-order valence-electron chi connectivity index (χ2n) is 3.08. The van der Waals surface area contributed by atoms with Crippen molar-refractivity contribution in [3.8, 4) is 12.3 Å². The first-order valence-corrected chi connectivity index (χ1v) is 5.57. The minimum absolute atomic E-state index is 0.547. The molecule has 0 saturated heterocycles. The molecule has 0 spiro atoms. The fraction of sp³-hybridized carbons (Fsp3) is 0.333. The number of thioether (sulfide) groups is 1. The zero-order valence-electron chi connectivity index (χ0n) is 8.36. The lowest BCUT2D eigenvalue weighted by Crippen LogP contribution is -2.22. The van der Waals surface area contributed by atoms with Crippen molar-refractivity contribution >= 4 is 11.8 Å². The Hall–Kier alpha value is -0.910. The molecule has 14 heavy (non-hydrogen) atoms. The molecule has 0 radical (unpaired) electrons. The molecule has 2 heteroatoms. The minimum atomic E-state index is 0.547. The van der Waals surface area contributed by atoms with Gasteiger partial charge in [0.1, 0.15) is 0 Å². The van der Waals surface area contributed by atoms with Gasteiger partial charge in [0.05, 0.1) is 6.54 Å². The lowest BCUT2D eigenvalue weighted by Gasteiger charge is -2.10. The highest BCUT2D eigenvalue weighted by atomic mass is 32.2. The molecule has 1 nitrogen and oxygen atoms in total. The van der Waals surface area contributed by atoms with Gasteiger partial charge in [0.2, 0.25) is 0 Å². The lowest BCUT2D eigenvalue weighted by molar-refractivity contribution is 0.748. The third kappa shape index (κ3) is 4.36. The van der Waals surface area contributed by atoms with Gasteiger partial charge in [-0.25, -0.2) is 0 Å². The summed E-state index contributed by atoms with van der Waals surface area (Å²) in [6.07, 6.45) is 5.15. The maximum atomic E-state index is 5.15. The van der Waals surface area contributed by atoms with E-state index in [4.69, 9.17) is 6.42 Å². The van der Waals surface area contributed by atoms with Crippen LogP contribution in [-0.2, 0) is 0 Å². The number of hydrogen-bond acceptors (Lipinski definition) is 2. The zero-order valence-corrected chi connectivity index (χ0v) is 9.18. The number of nitrogens with one attached hydrogen (secondary N) is 1. The maximum absolute atomic E-state index is 5.15. The Morgan fingerprint density at radius 2 is 2.14 bits per heavy atom. The van der Waals surface area contributed by atoms with Crippen molar-refractivity contribution in [2.24, 2.45) is 0 Å². The van der Waals surface area contributed by atoms with Crippen LogP contribution in [0.5, 0.6) is 0 Å². The standard InChI is InChI=1S/C12H15NS/c1-3-9-13-10-11(2)14-12-7-5-4-6-8-12/h1,4-8,11,13H,9-10H2,2H3. The molecule has 0 aliphatic carbocycles. The van der Waals surface area contributed by atoms with Crippen molar-refractivity contribution in [2.75, 3.05) is 13.1 Å². The Balaban J connectivity index is 2.28. The predicted octanol–water partition coefficient (Wildman–Crippen LogP) is 2.39. The number of terminal acetylenes is 1. The Morgan fingerprint density at radius 1 is 1.43 bits per heavy atom. The van der Waals surface area contributed by atoms with E-state index in [1.807, 2.05) is 17.8 Å². The van der Waals surface area contributed by atoms with E-state index in [9.17, 15) is 0 Å². The van der Waals surface area contributed by atoms with E-state index in [1.54, 1.807) is 0 Å². The Kier molecular flexibility index (Phi) is 5.21. The summed E-state index contributed by atoms with van der Waals surface area (Å²) < 4.78 is 0. The van der Waals surface area contributed by atoms with E-state index in [1.165, 1.54) is 4.90 Å². The quantitative estimate of drug-likeness (QED) is 0.450. The second-order valence-corrected chi connectivity index (χ2v) is 4.59. The number of benzene rings is 1. The largest absolute Gasteiger partial charge is 0.305 e. The first-order valence-electron chi connectivity index (χ1n) is 4.69. The van der Waals surface area contributed by atoms with Crippen LogP contribution in [0.1, 0.15) is 6.92 Å². The molecule has 0 fully saturated rings. The van der Waals surface area contributed by atoms with Crippen molar-refractivity contribution in [3.63, 3.8) is 0 Å². The fourth-order valence-electron chi connectivity index (χ4n) is 1.12. The number of rotatable bonds is 5. The third-order valence-electron chi connectivity index (χ3n) is 1.74. The highest BCUT2D eigenvalue weighted by molar-refractivity contribution is 8.00. The van der Waals surface area contributed by atoms with Crippen molar-refractivity contribution in [3.05, 3.63) is 30.3 Å². The van der Waals surface area contributed by atoms with Gasteiger partial charge in [-0.3, -0.25) is 0 Å². The topological polar surface area (TPSA) is 12.0 Å². The predicted molar refractivity (Wildman–Crippen MR) is 63.5 cm³/mol. The summed E-state index contributed by atoms with van der Waals surface area (Å²) in [5.41, 5.74) is 0. The smallest absolute Gasteiger partial charge is 0.0574 e. The van der Waals surface area contributed by atoms with E-state index in [0.29, 0.717) is 11.8 Å². The molecule has 0 bridgehead atoms. The number of hydrogen-bond donors (Lipinski definition) is 1. The van der Waals surface area contributed by atoms with E-state index in [0.717, 1.165) is 6.54 Å². The van der Waals surface area contributed by atoms with Gasteiger partial charge in [0.25, 0.3) is 0 Å². The normalized spacial score (nSPS) is 12.0. The molecule has 1 aromatic carbocycles. The van der Waals surface area contributed by atoms with Crippen LogP contribution in [0.2, 0.25) is 0 Å². The van der Waals surface area contributed by atoms with E-state index in [2.05, 4.69) is 42.4 Å². The van der Waals surface area contributed by atoms with Crippen molar-refractivity contribution < 1.29 is 0 Å². The van der Waals surface area contributed by atoms with Crippen LogP contribution in [0.25, 0.3) is 0 Å². The summed E-state index contributed by atoms with van der Waals surface area (Å²) in [4.78, 5) is 1.31. The van der Waals surface area contributed by atoms with Gasteiger partial charge in [-0.15, -0.1) is 18.2 Å². The summed E-state index contributed by atoms with van der Waals surface area (Å²) in [5, 5.41) is 3.75. The molecule has 0 amide bonds. The van der Waals surface area contributed by atoms with Gasteiger partial charge < -0.3 is 5.32 Å². The maximum Gasteiger partial charge on any atom is 0.0574 e. The van der Waals surface area contributed by atoms with Crippen molar-refractivity contribution in [2.45, 2.75) is 17.1 Å². The SMILES string of the molecule is C#CCNCC(C)Sc1ccccc1. The first kappa shape index (κ1) is 11.2. The first-order chi connectivity index (χ1) is 6.83. The highest BCUT2D eigenvalue weighted by Crippen LogP contribution is 2.21. The molecule has 0 aromatic heterocycles. The molecule has 1 aromatic rings. The fourth-order valence-corrected chi connectivity index (χ4v) is 2.10. The van der Waals surface area contributed by atoms with Crippen LogP contribution in [0.15, 0.2) is 35.2 Å². The minimum Gasteiger partial charge on any atom is -0.305 e. The average Bonchev–Trinajstić information content (AvgIpc) is 2.20. The Labute approximate surface area is 90.3 Å². The Morgan fingerprint density at radius 3 is 2.79 bits per heavy atom. The van der Waals surface area contributed by atoms with Crippen molar-refractivity contribution in [1.82, 2.24) is 5.32 Å². The average molecular weight is 205 g/mol. The monoisotopic (exact) mass is 205 g/mol. The summed E-state index contributed by atoms with van der Waals surface area (Å²) in [7, 11) is 0. The van der Waals surface area contributed by atoms with Gasteiger partial charge in [-0.1, -0.05) is 31.0 Å².